The standard InChI is InChI=1S/C7H7IOS/c1-10-5-2-3-6(8)7(9)4-5/h2-4,9H,1H3. The SMILES string of the molecule is CSc1ccc(I)c(O)c1. The highest BCUT2D eigenvalue weighted by Gasteiger charge is 1.96. The number of phenolic OH excluding ortho intramolecular Hbond substituents is 1. The number of thioether (sulfide) groups is 1. The molecule has 0 aromatic heterocycles. The normalized spacial score (nSPS) is 9.80. The summed E-state index contributed by atoms with van der Waals surface area (Å²) in [6.07, 6.45) is 1.99. The maximum Gasteiger partial charge on any atom is 0.130 e. The zero-order chi connectivity index (χ0) is 7.56. The molecule has 1 rings (SSSR count). The molecule has 1 aromatic rings. The van der Waals surface area contributed by atoms with E-state index in [-0.39, 0.29) is 0 Å². The summed E-state index contributed by atoms with van der Waals surface area (Å²) >= 11 is 3.73. The van der Waals surface area contributed by atoms with E-state index in [0.29, 0.717) is 5.75 Å². The molecule has 3 heteroatoms. The molecule has 10 heavy (non-hydrogen) atoms. The summed E-state index contributed by atoms with van der Waals surface area (Å²) < 4.78 is 0.899. The van der Waals surface area contributed by atoms with Crippen molar-refractivity contribution in [3.05, 3.63) is 21.8 Å². The number of aromatic hydroxyl groups is 1. The van der Waals surface area contributed by atoms with Crippen molar-refractivity contribution in [3.63, 3.8) is 0 Å². The molecule has 0 aliphatic rings. The van der Waals surface area contributed by atoms with E-state index >= 15 is 0 Å². The molecule has 0 saturated heterocycles. The van der Waals surface area contributed by atoms with Crippen LogP contribution in [-0.2, 0) is 0 Å². The van der Waals surface area contributed by atoms with Crippen LogP contribution in [0.25, 0.3) is 0 Å². The Balaban J connectivity index is 3.04. The van der Waals surface area contributed by atoms with Crippen molar-refractivity contribution in [1.82, 2.24) is 0 Å². The summed E-state index contributed by atoms with van der Waals surface area (Å²) in [7, 11) is 0. The van der Waals surface area contributed by atoms with Crippen LogP contribution >= 0.6 is 34.4 Å². The molecular formula is C7H7IOS. The highest BCUT2D eigenvalue weighted by molar-refractivity contribution is 14.1. The van der Waals surface area contributed by atoms with Gasteiger partial charge in [0.25, 0.3) is 0 Å². The van der Waals surface area contributed by atoms with Gasteiger partial charge in [-0.05, 0) is 47.0 Å². The van der Waals surface area contributed by atoms with Gasteiger partial charge in [0.15, 0.2) is 0 Å². The minimum absolute atomic E-state index is 0.368. The largest absolute Gasteiger partial charge is 0.507 e. The molecule has 1 nitrogen and oxygen atoms in total. The van der Waals surface area contributed by atoms with Gasteiger partial charge in [-0.25, -0.2) is 0 Å². The van der Waals surface area contributed by atoms with Crippen LogP contribution in [0.1, 0.15) is 0 Å². The van der Waals surface area contributed by atoms with E-state index in [4.69, 9.17) is 0 Å². The first-order valence-electron chi connectivity index (χ1n) is 2.76. The first kappa shape index (κ1) is 8.20. The Morgan fingerprint density at radius 2 is 2.20 bits per heavy atom. The van der Waals surface area contributed by atoms with Gasteiger partial charge in [-0.15, -0.1) is 11.8 Å². The second-order valence-corrected chi connectivity index (χ2v) is 3.86. The van der Waals surface area contributed by atoms with E-state index in [9.17, 15) is 5.11 Å². The molecule has 0 radical (unpaired) electrons. The van der Waals surface area contributed by atoms with Crippen LogP contribution in [0.2, 0.25) is 0 Å². The summed E-state index contributed by atoms with van der Waals surface area (Å²) in [6.45, 7) is 0. The van der Waals surface area contributed by atoms with Crippen LogP contribution in [-0.4, -0.2) is 11.4 Å². The molecule has 54 valence electrons. The van der Waals surface area contributed by atoms with Crippen molar-refractivity contribution in [2.45, 2.75) is 4.90 Å². The maximum absolute atomic E-state index is 9.21. The van der Waals surface area contributed by atoms with Gasteiger partial charge in [0.1, 0.15) is 5.75 Å². The van der Waals surface area contributed by atoms with Crippen molar-refractivity contribution < 1.29 is 5.11 Å². The molecule has 0 aliphatic carbocycles. The van der Waals surface area contributed by atoms with Gasteiger partial charge in [-0.1, -0.05) is 0 Å². The van der Waals surface area contributed by atoms with Crippen molar-refractivity contribution in [2.24, 2.45) is 0 Å². The number of hydrogen-bond acceptors (Lipinski definition) is 2. The van der Waals surface area contributed by atoms with E-state index in [0.717, 1.165) is 8.47 Å². The fraction of sp³-hybridized carbons (Fsp3) is 0.143. The van der Waals surface area contributed by atoms with Crippen molar-refractivity contribution in [1.29, 1.82) is 0 Å². The molecule has 0 heterocycles. The first-order valence-corrected chi connectivity index (χ1v) is 5.07. The van der Waals surface area contributed by atoms with Crippen LogP contribution < -0.4 is 0 Å². The predicted molar refractivity (Wildman–Crippen MR) is 52.6 cm³/mol. The zero-order valence-electron chi connectivity index (χ0n) is 5.47. The molecule has 1 N–H and O–H groups in total. The van der Waals surface area contributed by atoms with Gasteiger partial charge < -0.3 is 5.11 Å². The predicted octanol–water partition coefficient (Wildman–Crippen LogP) is 2.72. The molecular weight excluding hydrogens is 259 g/mol. The van der Waals surface area contributed by atoms with E-state index < -0.39 is 0 Å². The molecule has 0 aliphatic heterocycles. The minimum atomic E-state index is 0.368. The van der Waals surface area contributed by atoms with Crippen LogP contribution in [0.4, 0.5) is 0 Å². The lowest BCUT2D eigenvalue weighted by molar-refractivity contribution is 0.470. The van der Waals surface area contributed by atoms with Crippen molar-refractivity contribution >= 4 is 34.4 Å². The second kappa shape index (κ2) is 3.48. The summed E-state index contributed by atoms with van der Waals surface area (Å²) in [5, 5.41) is 9.21. The van der Waals surface area contributed by atoms with Crippen LogP contribution in [0.3, 0.4) is 0 Å². The minimum Gasteiger partial charge on any atom is -0.507 e. The lowest BCUT2D eigenvalue weighted by Crippen LogP contribution is -1.73. The summed E-state index contributed by atoms with van der Waals surface area (Å²) in [5.41, 5.74) is 0. The fourth-order valence-corrected chi connectivity index (χ4v) is 1.39. The van der Waals surface area contributed by atoms with Gasteiger partial charge in [0.05, 0.1) is 3.57 Å². The van der Waals surface area contributed by atoms with E-state index in [1.807, 2.05) is 18.4 Å². The number of phenols is 1. The van der Waals surface area contributed by atoms with Crippen LogP contribution in [0, 0.1) is 3.57 Å². The number of hydrogen-bond donors (Lipinski definition) is 1. The second-order valence-electron chi connectivity index (χ2n) is 1.82. The average Bonchev–Trinajstić information content (AvgIpc) is 1.95. The van der Waals surface area contributed by atoms with E-state index in [2.05, 4.69) is 22.6 Å². The molecule has 0 unspecified atom stereocenters. The highest BCUT2D eigenvalue weighted by Crippen LogP contribution is 2.24. The quantitative estimate of drug-likeness (QED) is 0.623. The zero-order valence-corrected chi connectivity index (χ0v) is 8.44. The van der Waals surface area contributed by atoms with Gasteiger partial charge >= 0.3 is 0 Å². The molecule has 0 fully saturated rings. The Kier molecular flexibility index (Phi) is 2.85. The molecule has 0 spiro atoms. The molecule has 1 aromatic carbocycles. The Morgan fingerprint density at radius 3 is 2.70 bits per heavy atom. The topological polar surface area (TPSA) is 20.2 Å². The Bertz CT molecular complexity index is 237. The number of halogens is 1. The van der Waals surface area contributed by atoms with Crippen LogP contribution in [0.5, 0.6) is 5.75 Å². The fourth-order valence-electron chi connectivity index (χ4n) is 0.619. The number of rotatable bonds is 1. The Hall–Kier alpha value is 0.1000. The van der Waals surface area contributed by atoms with Crippen molar-refractivity contribution in [2.75, 3.05) is 6.26 Å². The first-order chi connectivity index (χ1) is 4.74. The van der Waals surface area contributed by atoms with E-state index in [1.54, 1.807) is 17.8 Å². The Morgan fingerprint density at radius 1 is 1.50 bits per heavy atom. The molecule has 0 saturated carbocycles. The maximum atomic E-state index is 9.21. The third-order valence-electron chi connectivity index (χ3n) is 1.15. The smallest absolute Gasteiger partial charge is 0.130 e. The lowest BCUT2D eigenvalue weighted by atomic mass is 10.3. The molecule has 0 bridgehead atoms. The molecule has 0 amide bonds. The van der Waals surface area contributed by atoms with Gasteiger partial charge in [-0.2, -0.15) is 0 Å². The average molecular weight is 266 g/mol. The van der Waals surface area contributed by atoms with Gasteiger partial charge in [0.2, 0.25) is 0 Å². The summed E-state index contributed by atoms with van der Waals surface area (Å²) in [6, 6.07) is 5.67. The summed E-state index contributed by atoms with van der Waals surface area (Å²) in [5.74, 6) is 0.368. The van der Waals surface area contributed by atoms with Crippen molar-refractivity contribution in [3.8, 4) is 5.75 Å². The van der Waals surface area contributed by atoms with Gasteiger partial charge in [0, 0.05) is 4.90 Å². The van der Waals surface area contributed by atoms with Gasteiger partial charge in [-0.3, -0.25) is 0 Å². The Labute approximate surface area is 78.0 Å². The van der Waals surface area contributed by atoms with E-state index in [1.165, 1.54) is 0 Å². The monoisotopic (exact) mass is 266 g/mol. The highest BCUT2D eigenvalue weighted by atomic mass is 127. The third kappa shape index (κ3) is 1.79. The summed E-state index contributed by atoms with van der Waals surface area (Å²) in [4.78, 5) is 1.10. The lowest BCUT2D eigenvalue weighted by Gasteiger charge is -1.98. The third-order valence-corrected chi connectivity index (χ3v) is 2.79. The van der Waals surface area contributed by atoms with Crippen LogP contribution in [0.15, 0.2) is 23.1 Å². The number of benzene rings is 1. The molecule has 0 atom stereocenters.